The quantitative estimate of drug-likeness (QED) is 0.720. The Morgan fingerprint density at radius 3 is 2.76 bits per heavy atom. The zero-order chi connectivity index (χ0) is 15.5. The third-order valence-corrected chi connectivity index (χ3v) is 4.47. The Labute approximate surface area is 124 Å². The number of nitrogens with zero attached hydrogens (tertiary/aromatic N) is 1. The fraction of sp³-hybridized carbons (Fsp3) is 0.615. The highest BCUT2D eigenvalue weighted by atomic mass is 32.2. The Morgan fingerprint density at radius 1 is 1.52 bits per heavy atom. The van der Waals surface area contributed by atoms with Gasteiger partial charge in [-0.05, 0) is 32.3 Å². The minimum atomic E-state index is -3.81. The van der Waals surface area contributed by atoms with Gasteiger partial charge >= 0.3 is 0 Å². The van der Waals surface area contributed by atoms with Gasteiger partial charge in [0.2, 0.25) is 10.0 Å². The van der Waals surface area contributed by atoms with E-state index in [0.29, 0.717) is 25.5 Å². The molecule has 1 aliphatic carbocycles. The van der Waals surface area contributed by atoms with E-state index in [1.165, 1.54) is 12.3 Å². The minimum Gasteiger partial charge on any atom is -0.380 e. The van der Waals surface area contributed by atoms with Crippen LogP contribution in [0.1, 0.15) is 42.7 Å². The lowest BCUT2D eigenvalue weighted by atomic mass is 9.93. The number of nitrogens with two attached hydrogens (primary N) is 1. The first-order valence-electron chi connectivity index (χ1n) is 7.04. The lowest BCUT2D eigenvalue weighted by molar-refractivity contribution is 0.0908. The van der Waals surface area contributed by atoms with Crippen molar-refractivity contribution >= 4 is 15.9 Å². The minimum absolute atomic E-state index is 0.0237. The van der Waals surface area contributed by atoms with Gasteiger partial charge in [0, 0.05) is 25.4 Å². The van der Waals surface area contributed by atoms with Crippen LogP contribution in [0.4, 0.5) is 0 Å². The second-order valence-corrected chi connectivity index (χ2v) is 6.61. The Hall–Kier alpha value is -1.38. The summed E-state index contributed by atoms with van der Waals surface area (Å²) in [6.07, 6.45) is 4.42. The normalized spacial score (nSPS) is 15.7. The third-order valence-electron chi connectivity index (χ3n) is 3.59. The number of ether oxygens (including phenoxy) is 1. The maximum absolute atomic E-state index is 12.2. The third kappa shape index (κ3) is 3.84. The molecule has 1 amide bonds. The molecule has 0 aromatic carbocycles. The number of amides is 1. The summed E-state index contributed by atoms with van der Waals surface area (Å²) >= 11 is 0. The molecule has 0 spiro atoms. The molecule has 1 heterocycles. The van der Waals surface area contributed by atoms with Gasteiger partial charge in [0.1, 0.15) is 10.6 Å². The molecule has 8 heteroatoms. The highest BCUT2D eigenvalue weighted by molar-refractivity contribution is 7.89. The molecule has 0 atom stereocenters. The zero-order valence-electron chi connectivity index (χ0n) is 12.0. The highest BCUT2D eigenvalue weighted by Gasteiger charge is 2.26. The van der Waals surface area contributed by atoms with Crippen LogP contribution in [0.15, 0.2) is 17.2 Å². The number of primary sulfonamides is 1. The molecule has 21 heavy (non-hydrogen) atoms. The van der Waals surface area contributed by atoms with E-state index in [9.17, 15) is 13.2 Å². The second kappa shape index (κ2) is 6.59. The molecule has 7 nitrogen and oxygen atoms in total. The van der Waals surface area contributed by atoms with Crippen molar-refractivity contribution in [2.45, 2.75) is 37.1 Å². The second-order valence-electron chi connectivity index (χ2n) is 5.05. The average Bonchev–Trinajstić information content (AvgIpc) is 2.77. The molecular formula is C13H21N3O4S. The number of rotatable bonds is 7. The number of sulfonamides is 1. The van der Waals surface area contributed by atoms with Gasteiger partial charge in [-0.1, -0.05) is 0 Å². The first kappa shape index (κ1) is 16.0. The van der Waals surface area contributed by atoms with Gasteiger partial charge in [0.05, 0.1) is 6.61 Å². The fourth-order valence-corrected chi connectivity index (χ4v) is 2.77. The number of hydrogen-bond donors (Lipinski definition) is 2. The predicted molar refractivity (Wildman–Crippen MR) is 77.5 cm³/mol. The summed E-state index contributed by atoms with van der Waals surface area (Å²) in [5, 5.41) is 7.87. The van der Waals surface area contributed by atoms with Crippen molar-refractivity contribution in [2.24, 2.45) is 5.14 Å². The number of nitrogens with one attached hydrogen (secondary N) is 1. The van der Waals surface area contributed by atoms with E-state index < -0.39 is 10.0 Å². The lowest BCUT2D eigenvalue weighted by Crippen LogP contribution is -2.30. The fourth-order valence-electron chi connectivity index (χ4n) is 2.23. The van der Waals surface area contributed by atoms with E-state index in [1.807, 2.05) is 6.92 Å². The maximum Gasteiger partial charge on any atom is 0.268 e. The van der Waals surface area contributed by atoms with Crippen LogP contribution in [-0.4, -0.2) is 38.7 Å². The van der Waals surface area contributed by atoms with E-state index in [4.69, 9.17) is 9.88 Å². The smallest absolute Gasteiger partial charge is 0.268 e. The van der Waals surface area contributed by atoms with Gasteiger partial charge in [-0.25, -0.2) is 13.6 Å². The van der Waals surface area contributed by atoms with Crippen molar-refractivity contribution in [2.75, 3.05) is 19.8 Å². The van der Waals surface area contributed by atoms with E-state index in [-0.39, 0.29) is 16.8 Å². The molecule has 1 saturated carbocycles. The zero-order valence-corrected chi connectivity index (χ0v) is 12.9. The molecule has 0 unspecified atom stereocenters. The van der Waals surface area contributed by atoms with Crippen LogP contribution in [-0.2, 0) is 14.8 Å². The molecule has 1 aromatic heterocycles. The molecule has 1 fully saturated rings. The van der Waals surface area contributed by atoms with Crippen LogP contribution < -0.4 is 10.5 Å². The monoisotopic (exact) mass is 315 g/mol. The summed E-state index contributed by atoms with van der Waals surface area (Å²) in [4.78, 5) is 12.2. The largest absolute Gasteiger partial charge is 0.380 e. The van der Waals surface area contributed by atoms with Crippen molar-refractivity contribution in [1.29, 1.82) is 0 Å². The van der Waals surface area contributed by atoms with E-state index >= 15 is 0 Å². The van der Waals surface area contributed by atoms with E-state index in [0.717, 1.165) is 19.3 Å². The van der Waals surface area contributed by atoms with E-state index in [2.05, 4.69) is 5.32 Å². The van der Waals surface area contributed by atoms with Gasteiger partial charge in [-0.2, -0.15) is 0 Å². The predicted octanol–water partition coefficient (Wildman–Crippen LogP) is 0.627. The van der Waals surface area contributed by atoms with E-state index in [1.54, 1.807) is 4.57 Å². The summed E-state index contributed by atoms with van der Waals surface area (Å²) < 4.78 is 29.8. The first-order valence-corrected chi connectivity index (χ1v) is 8.58. The molecule has 0 aliphatic heterocycles. The number of carbonyl (C=O) groups is 1. The van der Waals surface area contributed by atoms with Gasteiger partial charge in [0.15, 0.2) is 0 Å². The molecule has 0 saturated heterocycles. The van der Waals surface area contributed by atoms with Crippen LogP contribution in [0.5, 0.6) is 0 Å². The molecular weight excluding hydrogens is 294 g/mol. The van der Waals surface area contributed by atoms with Crippen LogP contribution in [0.3, 0.4) is 0 Å². The number of aromatic nitrogens is 1. The van der Waals surface area contributed by atoms with Crippen molar-refractivity contribution in [3.05, 3.63) is 18.0 Å². The molecule has 3 N–H and O–H groups in total. The summed E-state index contributed by atoms with van der Waals surface area (Å²) in [7, 11) is -3.81. The molecule has 0 bridgehead atoms. The molecule has 0 radical (unpaired) electrons. The highest BCUT2D eigenvalue weighted by Crippen LogP contribution is 2.34. The maximum atomic E-state index is 12.2. The molecule has 1 aliphatic rings. The van der Waals surface area contributed by atoms with Gasteiger partial charge < -0.3 is 14.6 Å². The summed E-state index contributed by atoms with van der Waals surface area (Å²) in [5.74, 6) is -0.309. The van der Waals surface area contributed by atoms with Crippen LogP contribution in [0, 0.1) is 0 Å². The Kier molecular flexibility index (Phi) is 5.02. The van der Waals surface area contributed by atoms with Crippen molar-refractivity contribution < 1.29 is 17.9 Å². The van der Waals surface area contributed by atoms with Gasteiger partial charge in [-0.3, -0.25) is 4.79 Å². The van der Waals surface area contributed by atoms with Crippen LogP contribution in [0.2, 0.25) is 0 Å². The molecule has 1 aromatic rings. The van der Waals surface area contributed by atoms with Crippen LogP contribution in [0.25, 0.3) is 0 Å². The molecule has 118 valence electrons. The lowest BCUT2D eigenvalue weighted by Gasteiger charge is -2.28. The van der Waals surface area contributed by atoms with Crippen LogP contribution >= 0.6 is 0 Å². The van der Waals surface area contributed by atoms with Gasteiger partial charge in [0.25, 0.3) is 5.91 Å². The first-order chi connectivity index (χ1) is 9.93. The topological polar surface area (TPSA) is 103 Å². The molecule has 2 rings (SSSR count). The summed E-state index contributed by atoms with van der Waals surface area (Å²) in [6.45, 7) is 3.27. The Bertz CT molecular complexity index is 605. The SMILES string of the molecule is CCOCCNC(=O)c1cc(S(N)(=O)=O)cn1C1CCC1. The Balaban J connectivity index is 2.16. The summed E-state index contributed by atoms with van der Waals surface area (Å²) in [5.41, 5.74) is 0.334. The summed E-state index contributed by atoms with van der Waals surface area (Å²) in [6, 6.07) is 1.51. The standard InChI is InChI=1S/C13H21N3O4S/c1-2-20-7-6-15-13(17)12-8-11(21(14,18)19)9-16(12)10-4-3-5-10/h8-10H,2-7H2,1H3,(H,15,17)(H2,14,18,19). The number of hydrogen-bond acceptors (Lipinski definition) is 4. The average molecular weight is 315 g/mol. The van der Waals surface area contributed by atoms with Gasteiger partial charge in [-0.15, -0.1) is 0 Å². The number of carbonyl (C=O) groups excluding carboxylic acids is 1. The van der Waals surface area contributed by atoms with Crippen molar-refractivity contribution in [3.63, 3.8) is 0 Å². The Morgan fingerprint density at radius 2 is 2.24 bits per heavy atom. The van der Waals surface area contributed by atoms with Crippen molar-refractivity contribution in [3.8, 4) is 0 Å². The van der Waals surface area contributed by atoms with Crippen molar-refractivity contribution in [1.82, 2.24) is 9.88 Å².